The lowest BCUT2D eigenvalue weighted by atomic mass is 10.1. The minimum absolute atomic E-state index is 0.141. The Bertz CT molecular complexity index is 476. The van der Waals surface area contributed by atoms with Crippen LogP contribution in [0.2, 0.25) is 5.15 Å². The number of amides is 1. The molecule has 1 aliphatic heterocycles. The van der Waals surface area contributed by atoms with E-state index >= 15 is 0 Å². The maximum atomic E-state index is 12.1. The van der Waals surface area contributed by atoms with E-state index in [0.29, 0.717) is 19.7 Å². The van der Waals surface area contributed by atoms with Crippen LogP contribution in [0.25, 0.3) is 0 Å². The molecule has 0 bridgehead atoms. The van der Waals surface area contributed by atoms with Gasteiger partial charge in [0.1, 0.15) is 10.8 Å². The fourth-order valence-corrected chi connectivity index (χ4v) is 1.97. The maximum Gasteiger partial charge on any atom is 0.274 e. The molecule has 0 radical (unpaired) electrons. The largest absolute Gasteiger partial charge is 0.380 e. The van der Waals surface area contributed by atoms with E-state index in [1.165, 1.54) is 18.0 Å². The summed E-state index contributed by atoms with van der Waals surface area (Å²) < 4.78 is 5.07. The molecule has 0 fully saturated rings. The molecule has 0 atom stereocenters. The summed E-state index contributed by atoms with van der Waals surface area (Å²) in [5, 5.41) is 0.230. The fourth-order valence-electron chi connectivity index (χ4n) is 1.82. The zero-order chi connectivity index (χ0) is 13.0. The molecule has 0 unspecified atom stereocenters. The predicted octanol–water partition coefficient (Wildman–Crippen LogP) is 1.55. The molecule has 0 spiro atoms. The van der Waals surface area contributed by atoms with E-state index in [0.717, 1.165) is 6.42 Å². The van der Waals surface area contributed by atoms with Gasteiger partial charge in [-0.2, -0.15) is 0 Å². The third-order valence-electron chi connectivity index (χ3n) is 2.74. The Balaban J connectivity index is 2.04. The van der Waals surface area contributed by atoms with Gasteiger partial charge in [-0.3, -0.25) is 9.78 Å². The van der Waals surface area contributed by atoms with E-state index in [2.05, 4.69) is 9.97 Å². The Kier molecular flexibility index (Phi) is 4.28. The van der Waals surface area contributed by atoms with Crippen molar-refractivity contribution in [2.45, 2.75) is 6.42 Å². The van der Waals surface area contributed by atoms with Crippen molar-refractivity contribution >= 4 is 17.5 Å². The van der Waals surface area contributed by atoms with Crippen molar-refractivity contribution in [1.82, 2.24) is 14.9 Å². The monoisotopic (exact) mass is 267 g/mol. The highest BCUT2D eigenvalue weighted by Crippen LogP contribution is 2.13. The van der Waals surface area contributed by atoms with Gasteiger partial charge in [-0.1, -0.05) is 17.7 Å². The van der Waals surface area contributed by atoms with Gasteiger partial charge in [0.2, 0.25) is 0 Å². The van der Waals surface area contributed by atoms with Crippen molar-refractivity contribution < 1.29 is 9.53 Å². The summed E-state index contributed by atoms with van der Waals surface area (Å²) >= 11 is 5.72. The number of rotatable bonds is 3. The highest BCUT2D eigenvalue weighted by molar-refractivity contribution is 6.29. The lowest BCUT2D eigenvalue weighted by Gasteiger charge is -2.25. The third kappa shape index (κ3) is 3.05. The quantitative estimate of drug-likeness (QED) is 0.780. The molecule has 1 aliphatic rings. The van der Waals surface area contributed by atoms with Crippen molar-refractivity contribution in [2.24, 2.45) is 0 Å². The first-order valence-electron chi connectivity index (χ1n) is 5.64. The van der Waals surface area contributed by atoms with Crippen molar-refractivity contribution in [3.8, 4) is 0 Å². The summed E-state index contributed by atoms with van der Waals surface area (Å²) in [6, 6.07) is 0. The van der Waals surface area contributed by atoms with E-state index in [9.17, 15) is 4.79 Å². The van der Waals surface area contributed by atoms with Gasteiger partial charge in [-0.05, 0) is 12.0 Å². The van der Waals surface area contributed by atoms with E-state index in [1.807, 2.05) is 6.08 Å². The zero-order valence-electron chi connectivity index (χ0n) is 10.1. The van der Waals surface area contributed by atoms with E-state index in [1.54, 1.807) is 12.0 Å². The number of carbonyl (C=O) groups is 1. The summed E-state index contributed by atoms with van der Waals surface area (Å²) in [6.45, 7) is 1.87. The topological polar surface area (TPSA) is 55.3 Å². The molecule has 0 saturated heterocycles. The molecule has 2 heterocycles. The minimum Gasteiger partial charge on any atom is -0.380 e. The predicted molar refractivity (Wildman–Crippen MR) is 67.5 cm³/mol. The molecule has 1 aromatic rings. The van der Waals surface area contributed by atoms with Gasteiger partial charge in [0, 0.05) is 20.2 Å². The standard InChI is InChI=1S/C12H14ClN3O2/c1-18-8-9-2-4-16(5-3-9)12(17)10-6-14-7-11(13)15-10/h2,6-7H,3-5,8H2,1H3. The van der Waals surface area contributed by atoms with Crippen molar-refractivity contribution in [3.63, 3.8) is 0 Å². The van der Waals surface area contributed by atoms with Crippen LogP contribution in [0.5, 0.6) is 0 Å². The molecule has 18 heavy (non-hydrogen) atoms. The molecule has 0 saturated carbocycles. The van der Waals surface area contributed by atoms with E-state index in [-0.39, 0.29) is 16.8 Å². The number of halogens is 1. The number of ether oxygens (including phenoxy) is 1. The Morgan fingerprint density at radius 2 is 2.39 bits per heavy atom. The summed E-state index contributed by atoms with van der Waals surface area (Å²) in [7, 11) is 1.67. The molecule has 0 aliphatic carbocycles. The summed E-state index contributed by atoms with van der Waals surface area (Å²) in [4.78, 5) is 21.7. The molecule has 1 amide bonds. The maximum absolute atomic E-state index is 12.1. The molecule has 0 aromatic carbocycles. The number of methoxy groups -OCH3 is 1. The second-order valence-electron chi connectivity index (χ2n) is 4.02. The average molecular weight is 268 g/mol. The molecule has 96 valence electrons. The second-order valence-corrected chi connectivity index (χ2v) is 4.41. The van der Waals surface area contributed by atoms with Crippen LogP contribution in [0, 0.1) is 0 Å². The number of hydrogen-bond acceptors (Lipinski definition) is 4. The summed E-state index contributed by atoms with van der Waals surface area (Å²) in [5.41, 5.74) is 1.50. The van der Waals surface area contributed by atoms with Crippen LogP contribution < -0.4 is 0 Å². The normalized spacial score (nSPS) is 15.4. The zero-order valence-corrected chi connectivity index (χ0v) is 10.9. The minimum atomic E-state index is -0.141. The van der Waals surface area contributed by atoms with Crippen LogP contribution in [-0.2, 0) is 4.74 Å². The van der Waals surface area contributed by atoms with Crippen LogP contribution in [0.4, 0.5) is 0 Å². The van der Waals surface area contributed by atoms with Gasteiger partial charge in [0.05, 0.1) is 19.0 Å². The van der Waals surface area contributed by atoms with Crippen molar-refractivity contribution in [3.05, 3.63) is 34.9 Å². The van der Waals surface area contributed by atoms with Crippen molar-refractivity contribution in [1.29, 1.82) is 0 Å². The molecular weight excluding hydrogens is 254 g/mol. The van der Waals surface area contributed by atoms with Crippen LogP contribution in [0.1, 0.15) is 16.9 Å². The number of nitrogens with zero attached hydrogens (tertiary/aromatic N) is 3. The van der Waals surface area contributed by atoms with Crippen LogP contribution in [-0.4, -0.2) is 47.6 Å². The Labute approximate surface area is 110 Å². The number of hydrogen-bond donors (Lipinski definition) is 0. The first-order valence-corrected chi connectivity index (χ1v) is 6.02. The van der Waals surface area contributed by atoms with Crippen LogP contribution in [0.3, 0.4) is 0 Å². The van der Waals surface area contributed by atoms with Gasteiger partial charge < -0.3 is 9.64 Å². The van der Waals surface area contributed by atoms with E-state index in [4.69, 9.17) is 16.3 Å². The second kappa shape index (κ2) is 5.93. The number of aromatic nitrogens is 2. The average Bonchev–Trinajstić information content (AvgIpc) is 2.39. The molecule has 0 N–H and O–H groups in total. The molecular formula is C12H14ClN3O2. The van der Waals surface area contributed by atoms with Gasteiger partial charge in [0.15, 0.2) is 0 Å². The lowest BCUT2D eigenvalue weighted by molar-refractivity contribution is 0.0758. The van der Waals surface area contributed by atoms with E-state index < -0.39 is 0 Å². The Morgan fingerprint density at radius 1 is 1.56 bits per heavy atom. The first-order chi connectivity index (χ1) is 8.70. The van der Waals surface area contributed by atoms with Crippen LogP contribution in [0.15, 0.2) is 24.0 Å². The van der Waals surface area contributed by atoms with Crippen molar-refractivity contribution in [2.75, 3.05) is 26.8 Å². The molecule has 6 heteroatoms. The number of carbonyl (C=O) groups excluding carboxylic acids is 1. The highest BCUT2D eigenvalue weighted by atomic mass is 35.5. The summed E-state index contributed by atoms with van der Waals surface area (Å²) in [6.07, 6.45) is 5.68. The molecule has 2 rings (SSSR count). The Morgan fingerprint density at radius 3 is 3.00 bits per heavy atom. The highest BCUT2D eigenvalue weighted by Gasteiger charge is 2.20. The Hall–Kier alpha value is -1.46. The first kappa shape index (κ1) is 13.0. The lowest BCUT2D eigenvalue weighted by Crippen LogP contribution is -2.35. The summed E-state index contributed by atoms with van der Waals surface area (Å²) in [5.74, 6) is -0.141. The van der Waals surface area contributed by atoms with Gasteiger partial charge in [0.25, 0.3) is 5.91 Å². The SMILES string of the molecule is COCC1=CCN(C(=O)c2cncc(Cl)n2)CC1. The van der Waals surface area contributed by atoms with Gasteiger partial charge in [-0.15, -0.1) is 0 Å². The van der Waals surface area contributed by atoms with Gasteiger partial charge in [-0.25, -0.2) is 4.98 Å². The van der Waals surface area contributed by atoms with Gasteiger partial charge >= 0.3 is 0 Å². The fraction of sp³-hybridized carbons (Fsp3) is 0.417. The molecule has 1 aromatic heterocycles. The third-order valence-corrected chi connectivity index (χ3v) is 2.93. The smallest absolute Gasteiger partial charge is 0.274 e. The molecule has 5 nitrogen and oxygen atoms in total. The van der Waals surface area contributed by atoms with Crippen LogP contribution >= 0.6 is 11.6 Å².